The van der Waals surface area contributed by atoms with Gasteiger partial charge in [0, 0.05) is 5.69 Å². The van der Waals surface area contributed by atoms with Crippen LogP contribution in [0.3, 0.4) is 0 Å². The zero-order valence-electron chi connectivity index (χ0n) is 15.0. The van der Waals surface area contributed by atoms with E-state index in [1.165, 1.54) is 11.1 Å². The lowest BCUT2D eigenvalue weighted by Gasteiger charge is -2.08. The van der Waals surface area contributed by atoms with Crippen molar-refractivity contribution < 1.29 is 31.1 Å². The second-order valence-corrected chi connectivity index (χ2v) is 5.97. The summed E-state index contributed by atoms with van der Waals surface area (Å²) in [6.07, 6.45) is -13.0. The first-order valence-corrected chi connectivity index (χ1v) is 8.34. The molecule has 0 fully saturated rings. The molecule has 0 aromatic heterocycles. The third-order valence-electron chi connectivity index (χ3n) is 3.48. The van der Waals surface area contributed by atoms with E-state index < -0.39 is 18.8 Å². The van der Waals surface area contributed by atoms with Crippen LogP contribution in [-0.4, -0.2) is 12.4 Å². The van der Waals surface area contributed by atoms with Crippen molar-refractivity contribution in [3.8, 4) is 22.6 Å². The van der Waals surface area contributed by atoms with Gasteiger partial charge in [-0.15, -0.1) is 0 Å². The number of nitrogens with two attached hydrogens (primary N) is 1. The molecule has 0 spiro atoms. The van der Waals surface area contributed by atoms with E-state index >= 15 is 0 Å². The van der Waals surface area contributed by atoms with Crippen LogP contribution in [0, 0.1) is 0 Å². The average molecular weight is 413 g/mol. The summed E-state index contributed by atoms with van der Waals surface area (Å²) in [5.74, 6) is 1.60. The van der Waals surface area contributed by atoms with Crippen LogP contribution < -0.4 is 10.5 Å². The maximum absolute atomic E-state index is 10.8. The number of nitrogen functional groups attached to an aromatic ring is 1. The molecule has 0 amide bonds. The van der Waals surface area contributed by atoms with Gasteiger partial charge in [0.1, 0.15) is 17.9 Å². The molecule has 0 atom stereocenters. The Kier molecular flexibility index (Phi) is 7.14. The molecule has 0 saturated carbocycles. The average Bonchev–Trinajstić information content (AvgIpc) is 2.63. The standard InChI is InChI=1S/C18H15NO.C3H2F6/c19-16-8-12-18(13-9-16)20-17-10-6-15(7-11-17)14-4-2-1-3-5-14;4-2(5,6)1-3(7,8)9/h1-13H,19H2;1H2. The van der Waals surface area contributed by atoms with Crippen LogP contribution in [0.1, 0.15) is 6.42 Å². The number of alkyl halides is 6. The summed E-state index contributed by atoms with van der Waals surface area (Å²) in [5, 5.41) is 0. The Balaban J connectivity index is 0.000000284. The highest BCUT2D eigenvalue weighted by Gasteiger charge is 2.43. The lowest BCUT2D eigenvalue weighted by molar-refractivity contribution is -0.232. The fourth-order valence-electron chi connectivity index (χ4n) is 2.25. The summed E-state index contributed by atoms with van der Waals surface area (Å²) in [7, 11) is 0. The lowest BCUT2D eigenvalue weighted by Crippen LogP contribution is -2.20. The lowest BCUT2D eigenvalue weighted by atomic mass is 10.1. The Morgan fingerprint density at radius 1 is 0.586 bits per heavy atom. The van der Waals surface area contributed by atoms with Gasteiger partial charge < -0.3 is 10.5 Å². The molecular weight excluding hydrogens is 396 g/mol. The Labute approximate surface area is 163 Å². The van der Waals surface area contributed by atoms with Crippen LogP contribution in [0.2, 0.25) is 0 Å². The van der Waals surface area contributed by atoms with Crippen LogP contribution in [0.15, 0.2) is 78.9 Å². The Morgan fingerprint density at radius 2 is 1.00 bits per heavy atom. The summed E-state index contributed by atoms with van der Waals surface area (Å²) in [4.78, 5) is 0. The molecule has 29 heavy (non-hydrogen) atoms. The van der Waals surface area contributed by atoms with E-state index in [0.29, 0.717) is 0 Å². The maximum Gasteiger partial charge on any atom is 0.397 e. The molecule has 2 nitrogen and oxygen atoms in total. The van der Waals surface area contributed by atoms with Gasteiger partial charge in [-0.25, -0.2) is 0 Å². The van der Waals surface area contributed by atoms with Crippen LogP contribution >= 0.6 is 0 Å². The molecule has 0 saturated heterocycles. The number of anilines is 1. The monoisotopic (exact) mass is 413 g/mol. The topological polar surface area (TPSA) is 35.2 Å². The van der Waals surface area contributed by atoms with Crippen molar-refractivity contribution in [3.63, 3.8) is 0 Å². The summed E-state index contributed by atoms with van der Waals surface area (Å²) in [6.45, 7) is 0. The fourth-order valence-corrected chi connectivity index (χ4v) is 2.25. The zero-order chi connectivity index (χ0) is 21.5. The van der Waals surface area contributed by atoms with Crippen molar-refractivity contribution in [1.82, 2.24) is 0 Å². The largest absolute Gasteiger partial charge is 0.457 e. The van der Waals surface area contributed by atoms with Gasteiger partial charge in [0.15, 0.2) is 0 Å². The van der Waals surface area contributed by atoms with E-state index in [-0.39, 0.29) is 0 Å². The molecule has 0 bridgehead atoms. The number of hydrogen-bond donors (Lipinski definition) is 1. The van der Waals surface area contributed by atoms with Crippen LogP contribution in [0.4, 0.5) is 32.0 Å². The van der Waals surface area contributed by atoms with Crippen molar-refractivity contribution in [1.29, 1.82) is 0 Å². The van der Waals surface area contributed by atoms with Crippen molar-refractivity contribution in [3.05, 3.63) is 78.9 Å². The maximum atomic E-state index is 10.8. The summed E-state index contributed by atoms with van der Waals surface area (Å²) in [6, 6.07) is 25.7. The zero-order valence-corrected chi connectivity index (χ0v) is 15.0. The molecular formula is C21H17F6NO. The number of ether oxygens (including phenoxy) is 1. The molecule has 3 aromatic rings. The van der Waals surface area contributed by atoms with Gasteiger partial charge in [0.05, 0.1) is 0 Å². The Hall–Kier alpha value is -3.16. The van der Waals surface area contributed by atoms with Gasteiger partial charge >= 0.3 is 12.4 Å². The molecule has 0 radical (unpaired) electrons. The van der Waals surface area contributed by atoms with Gasteiger partial charge in [0.2, 0.25) is 0 Å². The second-order valence-electron chi connectivity index (χ2n) is 5.97. The normalized spacial score (nSPS) is 11.4. The third-order valence-corrected chi connectivity index (χ3v) is 3.48. The highest BCUT2D eigenvalue weighted by molar-refractivity contribution is 5.64. The van der Waals surface area contributed by atoms with Gasteiger partial charge in [-0.3, -0.25) is 0 Å². The first-order chi connectivity index (χ1) is 13.5. The second kappa shape index (κ2) is 9.36. The van der Waals surface area contributed by atoms with Crippen molar-refractivity contribution >= 4 is 5.69 Å². The van der Waals surface area contributed by atoms with E-state index in [0.717, 1.165) is 17.2 Å². The minimum Gasteiger partial charge on any atom is -0.457 e. The molecule has 3 rings (SSSR count). The first-order valence-electron chi connectivity index (χ1n) is 8.34. The molecule has 154 valence electrons. The smallest absolute Gasteiger partial charge is 0.397 e. The molecule has 0 unspecified atom stereocenters. The number of hydrogen-bond acceptors (Lipinski definition) is 2. The fraction of sp³-hybridized carbons (Fsp3) is 0.143. The van der Waals surface area contributed by atoms with Crippen LogP contribution in [-0.2, 0) is 0 Å². The van der Waals surface area contributed by atoms with Gasteiger partial charge in [-0.1, -0.05) is 42.5 Å². The van der Waals surface area contributed by atoms with E-state index in [1.54, 1.807) is 0 Å². The van der Waals surface area contributed by atoms with E-state index in [4.69, 9.17) is 10.5 Å². The van der Waals surface area contributed by atoms with E-state index in [2.05, 4.69) is 24.3 Å². The first kappa shape index (κ1) is 22.1. The van der Waals surface area contributed by atoms with E-state index in [9.17, 15) is 26.3 Å². The molecule has 0 aliphatic rings. The van der Waals surface area contributed by atoms with Crippen molar-refractivity contribution in [2.24, 2.45) is 0 Å². The SMILES string of the molecule is FC(F)(F)CC(F)(F)F.Nc1ccc(Oc2ccc(-c3ccccc3)cc2)cc1. The molecule has 0 aliphatic heterocycles. The Bertz CT molecular complexity index is 860. The van der Waals surface area contributed by atoms with Crippen molar-refractivity contribution in [2.45, 2.75) is 18.8 Å². The van der Waals surface area contributed by atoms with Gasteiger partial charge in [0.25, 0.3) is 0 Å². The predicted octanol–water partition coefficient (Wildman–Crippen LogP) is 7.23. The molecule has 0 heterocycles. The number of halogens is 6. The highest BCUT2D eigenvalue weighted by atomic mass is 19.4. The number of benzene rings is 3. The van der Waals surface area contributed by atoms with E-state index in [1.807, 2.05) is 54.6 Å². The molecule has 0 aliphatic carbocycles. The van der Waals surface area contributed by atoms with Gasteiger partial charge in [-0.2, -0.15) is 26.3 Å². The molecule has 8 heteroatoms. The Morgan fingerprint density at radius 3 is 1.41 bits per heavy atom. The van der Waals surface area contributed by atoms with Crippen LogP contribution in [0.5, 0.6) is 11.5 Å². The van der Waals surface area contributed by atoms with Gasteiger partial charge in [-0.05, 0) is 47.5 Å². The summed E-state index contributed by atoms with van der Waals surface area (Å²) < 4.78 is 70.8. The predicted molar refractivity (Wildman–Crippen MR) is 99.5 cm³/mol. The summed E-state index contributed by atoms with van der Waals surface area (Å²) >= 11 is 0. The summed E-state index contributed by atoms with van der Waals surface area (Å²) in [5.41, 5.74) is 8.76. The minimum absolute atomic E-state index is 0.733. The molecule has 3 aromatic carbocycles. The minimum atomic E-state index is -5.14. The quantitative estimate of drug-likeness (QED) is 0.363. The van der Waals surface area contributed by atoms with Crippen molar-refractivity contribution in [2.75, 3.05) is 5.73 Å². The molecule has 2 N–H and O–H groups in total. The third kappa shape index (κ3) is 8.59. The van der Waals surface area contributed by atoms with Crippen LogP contribution in [0.25, 0.3) is 11.1 Å². The number of rotatable bonds is 3. The highest BCUT2D eigenvalue weighted by Crippen LogP contribution is 2.32.